The second kappa shape index (κ2) is 10.6. The van der Waals surface area contributed by atoms with Crippen LogP contribution >= 0.6 is 0 Å². The molecule has 2 saturated carbocycles. The number of nitrogens with zero attached hydrogens (tertiary/aromatic N) is 1. The van der Waals surface area contributed by atoms with Crippen LogP contribution in [0.4, 0.5) is 4.79 Å². The predicted molar refractivity (Wildman–Crippen MR) is 145 cm³/mol. The Labute approximate surface area is 241 Å². The number of aromatic hydroxyl groups is 1. The van der Waals surface area contributed by atoms with E-state index >= 15 is 0 Å². The quantitative estimate of drug-likeness (QED) is 0.286. The van der Waals surface area contributed by atoms with Crippen molar-refractivity contribution in [3.8, 4) is 16.9 Å². The molecule has 2 aromatic carbocycles. The normalized spacial score (nSPS) is 30.3. The third-order valence-corrected chi connectivity index (χ3v) is 8.93. The van der Waals surface area contributed by atoms with E-state index in [-0.39, 0.29) is 30.8 Å². The van der Waals surface area contributed by atoms with Gasteiger partial charge in [0.2, 0.25) is 5.91 Å². The second-order valence-electron chi connectivity index (χ2n) is 11.4. The molecule has 222 valence electrons. The largest absolute Gasteiger partial charge is 0.508 e. The summed E-state index contributed by atoms with van der Waals surface area (Å²) in [6.45, 7) is -0.0617. The highest BCUT2D eigenvalue weighted by Crippen LogP contribution is 2.52. The van der Waals surface area contributed by atoms with Crippen LogP contribution < -0.4 is 5.73 Å². The number of fused-ring (bicyclic) bond motifs is 3. The number of phenols is 1. The minimum absolute atomic E-state index is 0.0112. The predicted octanol–water partition coefficient (Wildman–Crippen LogP) is 0.609. The zero-order chi connectivity index (χ0) is 30.7. The molecule has 0 bridgehead atoms. The van der Waals surface area contributed by atoms with Crippen molar-refractivity contribution >= 4 is 29.4 Å². The Morgan fingerprint density at radius 3 is 2.48 bits per heavy atom. The lowest BCUT2D eigenvalue weighted by Crippen LogP contribution is -2.75. The summed E-state index contributed by atoms with van der Waals surface area (Å²) >= 11 is 0. The van der Waals surface area contributed by atoms with E-state index in [1.54, 1.807) is 44.4 Å². The highest BCUT2D eigenvalue weighted by atomic mass is 16.7. The number of ether oxygens (including phenoxy) is 2. The number of likely N-dealkylation sites (N-methyl/N-ethyl adjacent to an activating group) is 1. The molecule has 0 spiro atoms. The SMILES string of the molecule is COC(=O)OCc1cccc(-c2ccc(O)c3c2C[C@@H]2C[C@@H]4[C@@H](N(C)C)C(O)C(C(N)=O)C(=O)[C@]4(O)C(=O)C2C3=O)c1. The first-order valence-electron chi connectivity index (χ1n) is 13.5. The molecule has 3 unspecified atom stereocenters. The van der Waals surface area contributed by atoms with E-state index in [0.717, 1.165) is 0 Å². The molecule has 7 atom stereocenters. The molecule has 0 aliphatic heterocycles. The van der Waals surface area contributed by atoms with Gasteiger partial charge in [-0.2, -0.15) is 0 Å². The Morgan fingerprint density at radius 1 is 1.12 bits per heavy atom. The van der Waals surface area contributed by atoms with Crippen molar-refractivity contribution in [3.63, 3.8) is 0 Å². The van der Waals surface area contributed by atoms with Crippen LogP contribution in [0.15, 0.2) is 36.4 Å². The number of nitrogens with two attached hydrogens (primary N) is 1. The minimum atomic E-state index is -2.72. The van der Waals surface area contributed by atoms with Crippen LogP contribution in [0, 0.1) is 23.7 Å². The number of rotatable bonds is 5. The molecule has 5 rings (SSSR count). The molecule has 42 heavy (non-hydrogen) atoms. The Kier molecular flexibility index (Phi) is 7.42. The van der Waals surface area contributed by atoms with Crippen molar-refractivity contribution in [3.05, 3.63) is 53.1 Å². The maximum absolute atomic E-state index is 14.0. The first kappa shape index (κ1) is 29.4. The van der Waals surface area contributed by atoms with Gasteiger partial charge in [-0.15, -0.1) is 0 Å². The lowest BCUT2D eigenvalue weighted by Gasteiger charge is -2.54. The van der Waals surface area contributed by atoms with Gasteiger partial charge in [-0.05, 0) is 67.2 Å². The number of carbonyl (C=O) groups excluding carboxylic acids is 5. The molecule has 0 heterocycles. The molecule has 1 amide bonds. The number of hydrogen-bond donors (Lipinski definition) is 4. The average molecular weight is 581 g/mol. The average Bonchev–Trinajstić information content (AvgIpc) is 2.93. The lowest BCUT2D eigenvalue weighted by molar-refractivity contribution is -0.190. The third kappa shape index (κ3) is 4.37. The summed E-state index contributed by atoms with van der Waals surface area (Å²) < 4.78 is 9.54. The van der Waals surface area contributed by atoms with E-state index in [4.69, 9.17) is 10.5 Å². The van der Waals surface area contributed by atoms with Gasteiger partial charge >= 0.3 is 6.16 Å². The maximum atomic E-state index is 14.0. The van der Waals surface area contributed by atoms with Gasteiger partial charge in [-0.3, -0.25) is 19.2 Å². The topological polar surface area (TPSA) is 194 Å². The van der Waals surface area contributed by atoms with Crippen molar-refractivity contribution < 1.29 is 48.8 Å². The number of aliphatic hydroxyl groups is 2. The summed E-state index contributed by atoms with van der Waals surface area (Å²) in [5.41, 5.74) is 5.02. The van der Waals surface area contributed by atoms with Crippen molar-refractivity contribution in [2.75, 3.05) is 21.2 Å². The van der Waals surface area contributed by atoms with Gasteiger partial charge in [0.15, 0.2) is 23.0 Å². The molecule has 3 aliphatic carbocycles. The molecule has 12 nitrogen and oxygen atoms in total. The Morgan fingerprint density at radius 2 is 1.83 bits per heavy atom. The Balaban J connectivity index is 1.58. The van der Waals surface area contributed by atoms with E-state index in [1.165, 1.54) is 18.1 Å². The van der Waals surface area contributed by atoms with Crippen LogP contribution in [-0.2, 0) is 36.9 Å². The van der Waals surface area contributed by atoms with Crippen LogP contribution in [0.25, 0.3) is 11.1 Å². The van der Waals surface area contributed by atoms with Gasteiger partial charge in [-0.25, -0.2) is 4.79 Å². The summed E-state index contributed by atoms with van der Waals surface area (Å²) in [6, 6.07) is 9.04. The van der Waals surface area contributed by atoms with Crippen LogP contribution in [-0.4, -0.2) is 88.6 Å². The standard InChI is InChI=1S/C30H32N2O10/c1-32(2)23-18-11-15-10-17-16(14-6-4-5-13(9-14)12-42-29(39)41-3)7-8-19(33)21(17)24(34)20(15)26(36)30(18,40)27(37)22(25(23)35)28(31)38/h4-9,15,18,20,22-23,25,33,35,40H,10-12H2,1-3H3,(H2,31,38)/t15-,18-,20?,22?,23-,25?,30-/m1/s1. The van der Waals surface area contributed by atoms with E-state index < -0.39 is 70.8 Å². The number of primary amides is 1. The lowest BCUT2D eigenvalue weighted by atomic mass is 9.52. The molecule has 3 aliphatic rings. The molecule has 2 aromatic rings. The van der Waals surface area contributed by atoms with Gasteiger partial charge in [-0.1, -0.05) is 24.3 Å². The highest BCUT2D eigenvalue weighted by Gasteiger charge is 2.69. The fraction of sp³-hybridized carbons (Fsp3) is 0.433. The minimum Gasteiger partial charge on any atom is -0.507 e. The maximum Gasteiger partial charge on any atom is 0.508 e. The highest BCUT2D eigenvalue weighted by molar-refractivity contribution is 6.25. The molecule has 0 aromatic heterocycles. The van der Waals surface area contributed by atoms with Crippen molar-refractivity contribution in [1.29, 1.82) is 0 Å². The smallest absolute Gasteiger partial charge is 0.507 e. The van der Waals surface area contributed by atoms with E-state index in [2.05, 4.69) is 4.74 Å². The number of benzene rings is 2. The molecule has 5 N–H and O–H groups in total. The molecule has 0 saturated heterocycles. The van der Waals surface area contributed by atoms with Crippen LogP contribution in [0.3, 0.4) is 0 Å². The van der Waals surface area contributed by atoms with Crippen molar-refractivity contribution in [1.82, 2.24) is 4.90 Å². The summed E-state index contributed by atoms with van der Waals surface area (Å²) in [4.78, 5) is 66.5. The van der Waals surface area contributed by atoms with E-state index in [0.29, 0.717) is 22.3 Å². The molecule has 12 heteroatoms. The Hall–Kier alpha value is -4.13. The van der Waals surface area contributed by atoms with Crippen molar-refractivity contribution in [2.45, 2.75) is 37.2 Å². The van der Waals surface area contributed by atoms with Crippen molar-refractivity contribution in [2.24, 2.45) is 29.4 Å². The fourth-order valence-corrected chi connectivity index (χ4v) is 7.12. The Bertz CT molecular complexity index is 1500. The van der Waals surface area contributed by atoms with E-state index in [1.807, 2.05) is 0 Å². The first-order chi connectivity index (χ1) is 19.8. The molecule has 2 fully saturated rings. The monoisotopic (exact) mass is 580 g/mol. The zero-order valence-electron chi connectivity index (χ0n) is 23.3. The van der Waals surface area contributed by atoms with Crippen LogP contribution in [0.5, 0.6) is 5.75 Å². The number of amides is 1. The summed E-state index contributed by atoms with van der Waals surface area (Å²) in [5.74, 6) is -9.60. The summed E-state index contributed by atoms with van der Waals surface area (Å²) in [5, 5.41) is 33.5. The van der Waals surface area contributed by atoms with Gasteiger partial charge < -0.3 is 35.4 Å². The second-order valence-corrected chi connectivity index (χ2v) is 11.4. The van der Waals surface area contributed by atoms with Gasteiger partial charge in [0.1, 0.15) is 18.3 Å². The number of carbonyl (C=O) groups is 5. The van der Waals surface area contributed by atoms with Gasteiger partial charge in [0.05, 0.1) is 24.7 Å². The first-order valence-corrected chi connectivity index (χ1v) is 13.5. The fourth-order valence-electron chi connectivity index (χ4n) is 7.12. The number of aliphatic hydroxyl groups excluding tert-OH is 1. The van der Waals surface area contributed by atoms with Crippen LogP contribution in [0.2, 0.25) is 0 Å². The molecular weight excluding hydrogens is 548 g/mol. The van der Waals surface area contributed by atoms with Gasteiger partial charge in [0, 0.05) is 12.0 Å². The van der Waals surface area contributed by atoms with Crippen LogP contribution in [0.1, 0.15) is 27.9 Å². The molecular formula is C30H32N2O10. The third-order valence-electron chi connectivity index (χ3n) is 8.93. The summed E-state index contributed by atoms with van der Waals surface area (Å²) in [6.07, 6.45) is -2.25. The number of methoxy groups -OCH3 is 1. The van der Waals surface area contributed by atoms with E-state index in [9.17, 15) is 39.3 Å². The number of hydrogen-bond acceptors (Lipinski definition) is 11. The van der Waals surface area contributed by atoms with Gasteiger partial charge in [0.25, 0.3) is 0 Å². The number of Topliss-reactive ketones (excluding diaryl/α,β-unsaturated/α-hetero) is 3. The summed E-state index contributed by atoms with van der Waals surface area (Å²) in [7, 11) is 4.38. The molecule has 0 radical (unpaired) electrons. The number of phenolic OH excluding ortho intramolecular Hbond substituents is 1. The zero-order valence-corrected chi connectivity index (χ0v) is 23.3. The number of ketones is 3.